The van der Waals surface area contributed by atoms with E-state index < -0.39 is 17.7 Å². The summed E-state index contributed by atoms with van der Waals surface area (Å²) in [6.45, 7) is 3.69. The second-order valence-electron chi connectivity index (χ2n) is 7.78. The van der Waals surface area contributed by atoms with E-state index in [9.17, 15) is 9.59 Å². The van der Waals surface area contributed by atoms with Crippen LogP contribution in [0.5, 0.6) is 0 Å². The maximum Gasteiger partial charge on any atom is 0.205 e. The highest BCUT2D eigenvalue weighted by atomic mass is 35.5. The number of Topliss-reactive ketones (excluding diaryl/α,β-unsaturated/α-hetero) is 1. The van der Waals surface area contributed by atoms with E-state index in [1.165, 1.54) is 12.1 Å². The Morgan fingerprint density at radius 3 is 2.48 bits per heavy atom. The van der Waals surface area contributed by atoms with Crippen molar-refractivity contribution in [2.75, 3.05) is 5.73 Å². The Morgan fingerprint density at radius 2 is 1.85 bits per heavy atom. The molecule has 8 heteroatoms. The Labute approximate surface area is 205 Å². The number of halogens is 3. The van der Waals surface area contributed by atoms with E-state index >= 15 is 4.39 Å². The third-order valence-corrected chi connectivity index (χ3v) is 7.75. The highest BCUT2D eigenvalue weighted by Gasteiger charge is 2.42. The molecule has 2 aromatic carbocycles. The van der Waals surface area contributed by atoms with E-state index in [0.29, 0.717) is 38.8 Å². The number of nitrogen functional groups attached to an aromatic ring is 1. The van der Waals surface area contributed by atoms with Crippen LogP contribution in [0.25, 0.3) is 0 Å². The zero-order chi connectivity index (χ0) is 23.9. The molecule has 0 saturated heterocycles. The van der Waals surface area contributed by atoms with Gasteiger partial charge in [0.1, 0.15) is 21.5 Å². The number of benzene rings is 2. The third-order valence-electron chi connectivity index (χ3n) is 5.90. The number of nitrogens with two attached hydrogens (primary N) is 1. The van der Waals surface area contributed by atoms with Crippen molar-refractivity contribution in [2.24, 2.45) is 10.9 Å². The Balaban J connectivity index is 1.93. The first-order chi connectivity index (χ1) is 15.8. The standard InChI is InChI=1S/C25H21Cl2FN2O2S/c1-3-17-20(18(31)4-2)19(13-7-5-6-8-16(13)28)21-22(29)24(33-25(21)30-17)23(32)12-9-10-14(26)15(27)11-12/h5-11,19-20H,3-4,29H2,1-2H3/t19-,20?/m0/s1. The number of aliphatic imine (C=N–C) groups is 1. The van der Waals surface area contributed by atoms with Crippen LogP contribution in [-0.4, -0.2) is 17.3 Å². The van der Waals surface area contributed by atoms with Crippen molar-refractivity contribution in [1.29, 1.82) is 0 Å². The summed E-state index contributed by atoms with van der Waals surface area (Å²) in [5.41, 5.74) is 8.63. The van der Waals surface area contributed by atoms with Crippen LogP contribution in [0.1, 0.15) is 59.0 Å². The average Bonchev–Trinajstić information content (AvgIpc) is 3.15. The summed E-state index contributed by atoms with van der Waals surface area (Å²) in [5.74, 6) is -2.11. The lowest BCUT2D eigenvalue weighted by Gasteiger charge is -2.31. The van der Waals surface area contributed by atoms with E-state index in [1.54, 1.807) is 37.3 Å². The molecule has 3 aromatic rings. The largest absolute Gasteiger partial charge is 0.397 e. The molecule has 2 atom stereocenters. The van der Waals surface area contributed by atoms with E-state index in [2.05, 4.69) is 0 Å². The number of carbonyl (C=O) groups is 2. The number of nitrogens with zero attached hydrogens (tertiary/aromatic N) is 1. The van der Waals surface area contributed by atoms with Gasteiger partial charge in [-0.1, -0.05) is 55.2 Å². The highest BCUT2D eigenvalue weighted by molar-refractivity contribution is 7.18. The van der Waals surface area contributed by atoms with Gasteiger partial charge in [0.2, 0.25) is 5.78 Å². The van der Waals surface area contributed by atoms with Crippen molar-refractivity contribution in [2.45, 2.75) is 32.6 Å². The quantitative estimate of drug-likeness (QED) is 0.361. The van der Waals surface area contributed by atoms with Gasteiger partial charge in [-0.15, -0.1) is 11.3 Å². The fraction of sp³-hybridized carbons (Fsp3) is 0.240. The summed E-state index contributed by atoms with van der Waals surface area (Å²) >= 11 is 13.2. The molecule has 0 saturated carbocycles. The molecule has 0 spiro atoms. The van der Waals surface area contributed by atoms with Gasteiger partial charge in [0, 0.05) is 29.2 Å². The minimum absolute atomic E-state index is 0.0440. The van der Waals surface area contributed by atoms with Crippen LogP contribution < -0.4 is 5.73 Å². The fourth-order valence-electron chi connectivity index (χ4n) is 4.28. The molecule has 170 valence electrons. The van der Waals surface area contributed by atoms with Gasteiger partial charge in [-0.05, 0) is 36.2 Å². The summed E-state index contributed by atoms with van der Waals surface area (Å²) in [6.07, 6.45) is 0.803. The minimum Gasteiger partial charge on any atom is -0.397 e. The van der Waals surface area contributed by atoms with E-state index in [1.807, 2.05) is 6.92 Å². The Bertz CT molecular complexity index is 1300. The molecule has 33 heavy (non-hydrogen) atoms. The SMILES string of the molecule is CCC(=O)C1C(CC)=Nc2sc(C(=O)c3ccc(Cl)c(Cl)c3)c(N)c2[C@H]1c1ccccc1F. The lowest BCUT2D eigenvalue weighted by Crippen LogP contribution is -2.33. The zero-order valence-electron chi connectivity index (χ0n) is 18.0. The molecule has 1 unspecified atom stereocenters. The van der Waals surface area contributed by atoms with Crippen molar-refractivity contribution < 1.29 is 14.0 Å². The maximum atomic E-state index is 15.0. The summed E-state index contributed by atoms with van der Waals surface area (Å²) in [5, 5.41) is 1.12. The van der Waals surface area contributed by atoms with Gasteiger partial charge < -0.3 is 5.73 Å². The van der Waals surface area contributed by atoms with E-state index in [-0.39, 0.29) is 33.6 Å². The van der Waals surface area contributed by atoms with Crippen LogP contribution >= 0.6 is 34.5 Å². The Morgan fingerprint density at radius 1 is 1.12 bits per heavy atom. The predicted octanol–water partition coefficient (Wildman–Crippen LogP) is 7.23. The first kappa shape index (κ1) is 23.6. The Kier molecular flexibility index (Phi) is 6.71. The van der Waals surface area contributed by atoms with Crippen LogP contribution in [-0.2, 0) is 4.79 Å². The van der Waals surface area contributed by atoms with E-state index in [4.69, 9.17) is 33.9 Å². The lowest BCUT2D eigenvalue weighted by molar-refractivity contribution is -0.121. The molecule has 2 heterocycles. The molecule has 0 radical (unpaired) electrons. The predicted molar refractivity (Wildman–Crippen MR) is 133 cm³/mol. The van der Waals surface area contributed by atoms with Gasteiger partial charge in [0.15, 0.2) is 0 Å². The van der Waals surface area contributed by atoms with Crippen LogP contribution in [0.4, 0.5) is 15.1 Å². The summed E-state index contributed by atoms with van der Waals surface area (Å²) in [6, 6.07) is 11.0. The molecular weight excluding hydrogens is 482 g/mol. The average molecular weight is 503 g/mol. The molecule has 4 rings (SSSR count). The number of ketones is 2. The summed E-state index contributed by atoms with van der Waals surface area (Å²) in [4.78, 5) is 31.4. The first-order valence-electron chi connectivity index (χ1n) is 10.5. The van der Waals surface area contributed by atoms with Gasteiger partial charge in [0.05, 0.1) is 21.7 Å². The molecular formula is C25H21Cl2FN2O2S. The normalized spacial score (nSPS) is 17.4. The maximum absolute atomic E-state index is 15.0. The van der Waals surface area contributed by atoms with Gasteiger partial charge in [-0.3, -0.25) is 9.59 Å². The number of rotatable bonds is 6. The second kappa shape index (κ2) is 9.37. The summed E-state index contributed by atoms with van der Waals surface area (Å²) < 4.78 is 15.0. The second-order valence-corrected chi connectivity index (χ2v) is 9.59. The summed E-state index contributed by atoms with van der Waals surface area (Å²) in [7, 11) is 0. The van der Waals surface area contributed by atoms with Crippen molar-refractivity contribution in [3.05, 3.63) is 79.9 Å². The molecule has 0 aliphatic carbocycles. The number of thiophene rings is 1. The molecule has 1 aliphatic rings. The number of carbonyl (C=O) groups excluding carboxylic acids is 2. The molecule has 0 fully saturated rings. The highest BCUT2D eigenvalue weighted by Crippen LogP contribution is 2.52. The van der Waals surface area contributed by atoms with Crippen LogP contribution in [0.3, 0.4) is 0 Å². The lowest BCUT2D eigenvalue weighted by atomic mass is 9.73. The number of hydrogen-bond acceptors (Lipinski definition) is 5. The zero-order valence-corrected chi connectivity index (χ0v) is 20.3. The monoisotopic (exact) mass is 502 g/mol. The molecule has 1 aliphatic heterocycles. The topological polar surface area (TPSA) is 72.5 Å². The molecule has 4 nitrogen and oxygen atoms in total. The Hall–Kier alpha value is -2.54. The molecule has 0 bridgehead atoms. The van der Waals surface area contributed by atoms with Crippen LogP contribution in [0.2, 0.25) is 10.0 Å². The van der Waals surface area contributed by atoms with Crippen molar-refractivity contribution in [3.63, 3.8) is 0 Å². The molecule has 1 aromatic heterocycles. The third kappa shape index (κ3) is 4.12. The number of hydrogen-bond donors (Lipinski definition) is 1. The van der Waals surface area contributed by atoms with Gasteiger partial charge in [-0.25, -0.2) is 9.38 Å². The van der Waals surface area contributed by atoms with Crippen LogP contribution in [0, 0.1) is 11.7 Å². The molecule has 2 N–H and O–H groups in total. The van der Waals surface area contributed by atoms with Crippen molar-refractivity contribution in [1.82, 2.24) is 0 Å². The fourth-order valence-corrected chi connectivity index (χ4v) is 5.71. The van der Waals surface area contributed by atoms with E-state index in [0.717, 1.165) is 11.3 Å². The van der Waals surface area contributed by atoms with Gasteiger partial charge >= 0.3 is 0 Å². The molecule has 0 amide bonds. The minimum atomic E-state index is -0.660. The number of fused-ring (bicyclic) bond motifs is 1. The first-order valence-corrected chi connectivity index (χ1v) is 12.1. The number of anilines is 1. The van der Waals surface area contributed by atoms with Crippen molar-refractivity contribution in [3.8, 4) is 0 Å². The van der Waals surface area contributed by atoms with Gasteiger partial charge in [-0.2, -0.15) is 0 Å². The van der Waals surface area contributed by atoms with Gasteiger partial charge in [0.25, 0.3) is 0 Å². The smallest absolute Gasteiger partial charge is 0.205 e. The van der Waals surface area contributed by atoms with Crippen LogP contribution in [0.15, 0.2) is 47.5 Å². The van der Waals surface area contributed by atoms with Crippen molar-refractivity contribution >= 4 is 62.5 Å².